The van der Waals surface area contributed by atoms with Gasteiger partial charge >= 0.3 is 5.97 Å². The van der Waals surface area contributed by atoms with E-state index in [-0.39, 0.29) is 5.97 Å². The maximum absolute atomic E-state index is 11.5. The van der Waals surface area contributed by atoms with Crippen LogP contribution in [0.3, 0.4) is 0 Å². The number of carbonyl (C=O) groups excluding carboxylic acids is 1. The number of ether oxygens (including phenoxy) is 1. The van der Waals surface area contributed by atoms with Crippen LogP contribution in [0.4, 0.5) is 0 Å². The van der Waals surface area contributed by atoms with Crippen molar-refractivity contribution in [1.82, 2.24) is 0 Å². The number of esters is 1. The lowest BCUT2D eigenvalue weighted by molar-refractivity contribution is -0.136. The molecule has 0 radical (unpaired) electrons. The zero-order valence-corrected chi connectivity index (χ0v) is 9.69. The molecule has 2 rings (SSSR count). The molecule has 1 saturated carbocycles. The predicted octanol–water partition coefficient (Wildman–Crippen LogP) is 2.73. The van der Waals surface area contributed by atoms with Crippen LogP contribution in [0.1, 0.15) is 12.8 Å². The molecule has 4 unspecified atom stereocenters. The van der Waals surface area contributed by atoms with Gasteiger partial charge in [0.15, 0.2) is 0 Å². The molecule has 0 amide bonds. The number of allylic oxidation sites excluding steroid dienone is 3. The first-order chi connectivity index (χ1) is 7.71. The Morgan fingerprint density at radius 3 is 2.69 bits per heavy atom. The van der Waals surface area contributed by atoms with E-state index in [4.69, 9.17) is 4.74 Å². The standard InChI is InChI=1S/C14H18O2/c1-4-9-6-10(5-2)13-8-11(7-12(9)13)14(15)16-3/h4-5,7,9-10,12-13H,1-2,6,8H2,3H3. The molecule has 1 fully saturated rings. The van der Waals surface area contributed by atoms with E-state index in [1.165, 1.54) is 7.11 Å². The van der Waals surface area contributed by atoms with Crippen LogP contribution in [-0.2, 0) is 9.53 Å². The van der Waals surface area contributed by atoms with E-state index in [1.54, 1.807) is 0 Å². The highest BCUT2D eigenvalue weighted by Gasteiger charge is 2.44. The van der Waals surface area contributed by atoms with Gasteiger partial charge in [0.05, 0.1) is 7.11 Å². The van der Waals surface area contributed by atoms with Crippen LogP contribution in [0, 0.1) is 23.7 Å². The monoisotopic (exact) mass is 218 g/mol. The summed E-state index contributed by atoms with van der Waals surface area (Å²) in [6.45, 7) is 7.77. The molecule has 0 bridgehead atoms. The Labute approximate surface area is 96.7 Å². The van der Waals surface area contributed by atoms with Gasteiger partial charge < -0.3 is 4.74 Å². The van der Waals surface area contributed by atoms with Crippen LogP contribution in [-0.4, -0.2) is 13.1 Å². The third-order valence-electron chi connectivity index (χ3n) is 3.99. The van der Waals surface area contributed by atoms with Crippen LogP contribution in [0.2, 0.25) is 0 Å². The summed E-state index contributed by atoms with van der Waals surface area (Å²) in [4.78, 5) is 11.5. The number of methoxy groups -OCH3 is 1. The first-order valence-corrected chi connectivity index (χ1v) is 5.75. The van der Waals surface area contributed by atoms with E-state index in [1.807, 2.05) is 12.2 Å². The van der Waals surface area contributed by atoms with Gasteiger partial charge in [-0.1, -0.05) is 18.2 Å². The Kier molecular flexibility index (Phi) is 2.99. The summed E-state index contributed by atoms with van der Waals surface area (Å²) in [7, 11) is 1.44. The Morgan fingerprint density at radius 2 is 2.12 bits per heavy atom. The quantitative estimate of drug-likeness (QED) is 0.538. The van der Waals surface area contributed by atoms with Gasteiger partial charge in [-0.2, -0.15) is 0 Å². The zero-order valence-electron chi connectivity index (χ0n) is 9.69. The summed E-state index contributed by atoms with van der Waals surface area (Å²) in [5.41, 5.74) is 0.830. The minimum Gasteiger partial charge on any atom is -0.466 e. The highest BCUT2D eigenvalue weighted by atomic mass is 16.5. The number of fused-ring (bicyclic) bond motifs is 1. The average molecular weight is 218 g/mol. The highest BCUT2D eigenvalue weighted by Crippen LogP contribution is 2.50. The fraction of sp³-hybridized carbons (Fsp3) is 0.500. The summed E-state index contributed by atoms with van der Waals surface area (Å²) in [6, 6.07) is 0. The van der Waals surface area contributed by atoms with Gasteiger partial charge in [-0.25, -0.2) is 4.79 Å². The molecule has 2 aliphatic rings. The molecule has 16 heavy (non-hydrogen) atoms. The van der Waals surface area contributed by atoms with Crippen molar-refractivity contribution in [1.29, 1.82) is 0 Å². The maximum Gasteiger partial charge on any atom is 0.333 e. The van der Waals surface area contributed by atoms with Crippen LogP contribution in [0.25, 0.3) is 0 Å². The van der Waals surface area contributed by atoms with E-state index >= 15 is 0 Å². The summed E-state index contributed by atoms with van der Waals surface area (Å²) >= 11 is 0. The molecule has 0 aromatic carbocycles. The second kappa shape index (κ2) is 4.28. The first-order valence-electron chi connectivity index (χ1n) is 5.75. The minimum absolute atomic E-state index is 0.181. The van der Waals surface area contributed by atoms with E-state index in [0.717, 1.165) is 18.4 Å². The summed E-state index contributed by atoms with van der Waals surface area (Å²) < 4.78 is 4.78. The fourth-order valence-corrected chi connectivity index (χ4v) is 3.14. The second-order valence-corrected chi connectivity index (χ2v) is 4.66. The van der Waals surface area contributed by atoms with Crippen LogP contribution >= 0.6 is 0 Å². The first kappa shape index (κ1) is 11.2. The molecule has 0 N–H and O–H groups in total. The smallest absolute Gasteiger partial charge is 0.333 e. The molecule has 4 atom stereocenters. The maximum atomic E-state index is 11.5. The van der Waals surface area contributed by atoms with Crippen molar-refractivity contribution in [3.8, 4) is 0 Å². The van der Waals surface area contributed by atoms with Gasteiger partial charge in [0.25, 0.3) is 0 Å². The van der Waals surface area contributed by atoms with Crippen molar-refractivity contribution in [2.24, 2.45) is 23.7 Å². The van der Waals surface area contributed by atoms with E-state index in [2.05, 4.69) is 19.2 Å². The molecule has 0 aromatic heterocycles. The molecule has 2 heteroatoms. The molecule has 0 aromatic rings. The largest absolute Gasteiger partial charge is 0.466 e. The van der Waals surface area contributed by atoms with Crippen molar-refractivity contribution >= 4 is 5.97 Å². The lowest BCUT2D eigenvalue weighted by atomic mass is 9.89. The SMILES string of the molecule is C=CC1CC(C=C)C2CC(C(=O)OC)=CC12. The summed E-state index contributed by atoms with van der Waals surface area (Å²) in [5.74, 6) is 1.78. The normalized spacial score (nSPS) is 36.4. The molecule has 0 spiro atoms. The molecule has 2 nitrogen and oxygen atoms in total. The molecule has 86 valence electrons. The zero-order chi connectivity index (χ0) is 11.7. The number of hydrogen-bond acceptors (Lipinski definition) is 2. The molecule has 0 heterocycles. The van der Waals surface area contributed by atoms with Crippen molar-refractivity contribution in [3.63, 3.8) is 0 Å². The van der Waals surface area contributed by atoms with Gasteiger partial charge in [-0.05, 0) is 36.5 Å². The molecule has 0 saturated heterocycles. The summed E-state index contributed by atoms with van der Waals surface area (Å²) in [5, 5.41) is 0. The molecular formula is C14H18O2. The van der Waals surface area contributed by atoms with Crippen molar-refractivity contribution in [3.05, 3.63) is 37.0 Å². The Balaban J connectivity index is 2.20. The minimum atomic E-state index is -0.181. The van der Waals surface area contributed by atoms with Crippen molar-refractivity contribution in [2.75, 3.05) is 7.11 Å². The topological polar surface area (TPSA) is 26.3 Å². The van der Waals surface area contributed by atoms with Crippen LogP contribution in [0.15, 0.2) is 37.0 Å². The average Bonchev–Trinajstić information content (AvgIpc) is 2.85. The number of rotatable bonds is 3. The van der Waals surface area contributed by atoms with Gasteiger partial charge in [0.1, 0.15) is 0 Å². The van der Waals surface area contributed by atoms with Gasteiger partial charge in [-0.15, -0.1) is 13.2 Å². The van der Waals surface area contributed by atoms with Gasteiger partial charge in [0, 0.05) is 5.57 Å². The van der Waals surface area contributed by atoms with E-state index in [9.17, 15) is 4.79 Å². The molecule has 2 aliphatic carbocycles. The lowest BCUT2D eigenvalue weighted by Crippen LogP contribution is -2.10. The van der Waals surface area contributed by atoms with E-state index in [0.29, 0.717) is 23.7 Å². The number of hydrogen-bond donors (Lipinski definition) is 0. The van der Waals surface area contributed by atoms with Crippen molar-refractivity contribution in [2.45, 2.75) is 12.8 Å². The predicted molar refractivity (Wildman–Crippen MR) is 63.7 cm³/mol. The summed E-state index contributed by atoms with van der Waals surface area (Å²) in [6.07, 6.45) is 8.07. The Hall–Kier alpha value is -1.31. The third-order valence-corrected chi connectivity index (χ3v) is 3.99. The highest BCUT2D eigenvalue weighted by molar-refractivity contribution is 5.89. The fourth-order valence-electron chi connectivity index (χ4n) is 3.14. The van der Waals surface area contributed by atoms with Crippen LogP contribution < -0.4 is 0 Å². The van der Waals surface area contributed by atoms with Crippen molar-refractivity contribution < 1.29 is 9.53 Å². The third kappa shape index (κ3) is 1.62. The van der Waals surface area contributed by atoms with Gasteiger partial charge in [0.2, 0.25) is 0 Å². The lowest BCUT2D eigenvalue weighted by Gasteiger charge is -2.15. The molecule has 0 aliphatic heterocycles. The number of carbonyl (C=O) groups is 1. The van der Waals surface area contributed by atoms with E-state index < -0.39 is 0 Å². The van der Waals surface area contributed by atoms with Crippen LogP contribution in [0.5, 0.6) is 0 Å². The van der Waals surface area contributed by atoms with Gasteiger partial charge in [-0.3, -0.25) is 0 Å². The molecular weight excluding hydrogens is 200 g/mol. The second-order valence-electron chi connectivity index (χ2n) is 4.66. The Bertz CT molecular complexity index is 354. The Morgan fingerprint density at radius 1 is 1.44 bits per heavy atom.